The predicted molar refractivity (Wildman–Crippen MR) is 402 cm³/mol. The van der Waals surface area contributed by atoms with E-state index >= 15 is 0 Å². The van der Waals surface area contributed by atoms with Crippen molar-refractivity contribution in [3.8, 4) is 102 Å². The van der Waals surface area contributed by atoms with Crippen molar-refractivity contribution in [3.63, 3.8) is 0 Å². The van der Waals surface area contributed by atoms with E-state index in [-0.39, 0.29) is 0 Å². The van der Waals surface area contributed by atoms with E-state index < -0.39 is 0 Å². The topological polar surface area (TPSA) is 139 Å². The zero-order valence-corrected chi connectivity index (χ0v) is 53.5. The molecule has 0 N–H and O–H groups in total. The zero-order valence-electron chi connectivity index (χ0n) is 53.5. The summed E-state index contributed by atoms with van der Waals surface area (Å²) in [7, 11) is 0. The molecule has 20 aromatic rings. The van der Waals surface area contributed by atoms with E-state index in [0.717, 1.165) is 144 Å². The van der Waals surface area contributed by atoms with Crippen molar-refractivity contribution in [2.75, 3.05) is 0 Å². The monoisotopic (exact) mass is 1280 g/mol. The van der Waals surface area contributed by atoms with Crippen LogP contribution in [-0.2, 0) is 0 Å². The van der Waals surface area contributed by atoms with E-state index in [1.807, 2.05) is 188 Å². The highest BCUT2D eigenvalue weighted by molar-refractivity contribution is 6.22. The summed E-state index contributed by atoms with van der Waals surface area (Å²) in [4.78, 5) is 39.2. The van der Waals surface area contributed by atoms with Gasteiger partial charge in [-0.3, -0.25) is 9.55 Å². The van der Waals surface area contributed by atoms with E-state index in [2.05, 4.69) is 149 Å². The SMILES string of the molecule is c1ccc(-c2nc(-c3ccccc3)nc(-c3ccc(-n4c5ccccc5c5c(-c6cccc7oc8ccccc8c67)cccc54)nc3)n2)cc1.c1ccc(-c2nc(-c3ccccc3)nc(-c3cncc(-n4c5ccccc5c5c(-c6cccc7oc8ccccc8c67)cccc54)c3)n2)cc1. The van der Waals surface area contributed by atoms with Crippen LogP contribution in [0.1, 0.15) is 0 Å². The van der Waals surface area contributed by atoms with Crippen LogP contribution in [0, 0.1) is 0 Å². The Morgan fingerprint density at radius 1 is 0.230 bits per heavy atom. The summed E-state index contributed by atoms with van der Waals surface area (Å²) in [5, 5.41) is 9.12. The van der Waals surface area contributed by atoms with Gasteiger partial charge in [-0.05, 0) is 89.0 Å². The zero-order chi connectivity index (χ0) is 66.0. The maximum absolute atomic E-state index is 6.29. The molecule has 0 saturated heterocycles. The van der Waals surface area contributed by atoms with Crippen molar-refractivity contribution in [2.45, 2.75) is 0 Å². The second-order valence-electron chi connectivity index (χ2n) is 24.6. The molecule has 12 aromatic carbocycles. The minimum atomic E-state index is 0.562. The molecule has 12 nitrogen and oxygen atoms in total. The summed E-state index contributed by atoms with van der Waals surface area (Å²) in [6.45, 7) is 0. The number of pyridine rings is 2. The van der Waals surface area contributed by atoms with Crippen molar-refractivity contribution in [1.29, 1.82) is 0 Å². The molecule has 0 saturated carbocycles. The second-order valence-corrected chi connectivity index (χ2v) is 24.6. The third-order valence-corrected chi connectivity index (χ3v) is 18.7. The molecule has 468 valence electrons. The van der Waals surface area contributed by atoms with Gasteiger partial charge in [0.15, 0.2) is 34.9 Å². The minimum absolute atomic E-state index is 0.562. The Labute approximate surface area is 572 Å². The largest absolute Gasteiger partial charge is 0.456 e. The molecule has 0 fully saturated rings. The summed E-state index contributed by atoms with van der Waals surface area (Å²) in [6, 6.07) is 106. The van der Waals surface area contributed by atoms with E-state index in [0.29, 0.717) is 34.9 Å². The van der Waals surface area contributed by atoms with Gasteiger partial charge in [0.25, 0.3) is 0 Å². The smallest absolute Gasteiger partial charge is 0.165 e. The van der Waals surface area contributed by atoms with Crippen LogP contribution in [0.25, 0.3) is 190 Å². The van der Waals surface area contributed by atoms with E-state index in [4.69, 9.17) is 48.7 Å². The van der Waals surface area contributed by atoms with E-state index in [9.17, 15) is 0 Å². The number of fused-ring (bicyclic) bond motifs is 12. The first-order chi connectivity index (χ1) is 49.6. The summed E-state index contributed by atoms with van der Waals surface area (Å²) in [5.74, 6) is 4.41. The third kappa shape index (κ3) is 9.92. The van der Waals surface area contributed by atoms with Crippen LogP contribution >= 0.6 is 0 Å². The molecule has 0 radical (unpaired) electrons. The molecule has 0 unspecified atom stereocenters. The van der Waals surface area contributed by atoms with Crippen molar-refractivity contribution in [3.05, 3.63) is 328 Å². The molecule has 0 atom stereocenters. The predicted octanol–water partition coefficient (Wildman–Crippen LogP) is 21.9. The minimum Gasteiger partial charge on any atom is -0.456 e. The molecule has 0 amide bonds. The first kappa shape index (κ1) is 57.6. The normalized spacial score (nSPS) is 11.6. The standard InChI is InChI=1S/2C44H27N5O/c1-3-13-28(14-4-1)42-46-43(29-15-5-2-6-16-29)48-44(47-42)30-25-31(27-45-26-30)49-36-21-9-7-17-34(36)40-32(19-11-22-37(40)49)33-20-12-24-39-41(33)35-18-8-10-23-38(35)50-39;1-3-13-28(14-4-1)42-46-43(29-15-5-2-6-16-29)48-44(47-42)30-25-26-39(45-27-30)49-35-21-9-7-17-33(35)40-31(19-11-22-36(40)49)32-20-12-24-38-41(32)34-18-8-10-23-37(34)50-38/h2*1-27H. The highest BCUT2D eigenvalue weighted by atomic mass is 16.3. The Morgan fingerprint density at radius 3 is 1.03 bits per heavy atom. The van der Waals surface area contributed by atoms with Crippen molar-refractivity contribution in [2.24, 2.45) is 0 Å². The van der Waals surface area contributed by atoms with Gasteiger partial charge < -0.3 is 13.4 Å². The number of hydrogen-bond acceptors (Lipinski definition) is 10. The average Bonchev–Trinajstić information content (AvgIpc) is 1.57. The van der Waals surface area contributed by atoms with Crippen molar-refractivity contribution in [1.82, 2.24) is 49.0 Å². The lowest BCUT2D eigenvalue weighted by Crippen LogP contribution is -2.01. The van der Waals surface area contributed by atoms with Gasteiger partial charge in [-0.2, -0.15) is 0 Å². The molecule has 8 heterocycles. The molecule has 12 heteroatoms. The number of para-hydroxylation sites is 4. The number of hydrogen-bond donors (Lipinski definition) is 0. The number of aromatic nitrogens is 10. The molecular formula is C88H54N10O2. The third-order valence-electron chi connectivity index (χ3n) is 18.7. The van der Waals surface area contributed by atoms with Crippen LogP contribution in [0.2, 0.25) is 0 Å². The fourth-order valence-corrected chi connectivity index (χ4v) is 14.2. The van der Waals surface area contributed by atoms with Gasteiger partial charge in [-0.25, -0.2) is 34.9 Å². The highest BCUT2D eigenvalue weighted by Gasteiger charge is 2.24. The summed E-state index contributed by atoms with van der Waals surface area (Å²) in [6.07, 6.45) is 5.59. The number of benzene rings is 12. The highest BCUT2D eigenvalue weighted by Crippen LogP contribution is 2.46. The van der Waals surface area contributed by atoms with E-state index in [1.165, 1.54) is 10.8 Å². The molecule has 0 aliphatic carbocycles. The van der Waals surface area contributed by atoms with Crippen LogP contribution in [0.3, 0.4) is 0 Å². The number of furan rings is 2. The van der Waals surface area contributed by atoms with Gasteiger partial charge in [0.2, 0.25) is 0 Å². The lowest BCUT2D eigenvalue weighted by atomic mass is 9.95. The summed E-state index contributed by atoms with van der Waals surface area (Å²) >= 11 is 0. The summed E-state index contributed by atoms with van der Waals surface area (Å²) < 4.78 is 17.1. The fraction of sp³-hybridized carbons (Fsp3) is 0. The lowest BCUT2D eigenvalue weighted by molar-refractivity contribution is 0.668. The molecule has 20 rings (SSSR count). The Bertz CT molecular complexity index is 6410. The Balaban J connectivity index is 0.000000139. The maximum atomic E-state index is 6.29. The van der Waals surface area contributed by atoms with Gasteiger partial charge in [0.1, 0.15) is 28.1 Å². The molecule has 0 aliphatic heterocycles. The van der Waals surface area contributed by atoms with Crippen molar-refractivity contribution < 1.29 is 8.83 Å². The molecule has 0 aliphatic rings. The van der Waals surface area contributed by atoms with Gasteiger partial charge in [-0.1, -0.05) is 243 Å². The average molecular weight is 1280 g/mol. The Morgan fingerprint density at radius 2 is 0.580 bits per heavy atom. The maximum Gasteiger partial charge on any atom is 0.165 e. The van der Waals surface area contributed by atoms with Crippen LogP contribution in [0.5, 0.6) is 0 Å². The number of rotatable bonds is 10. The Hall–Kier alpha value is -13.8. The van der Waals surface area contributed by atoms with Gasteiger partial charge in [0, 0.05) is 88.9 Å². The molecule has 0 spiro atoms. The van der Waals surface area contributed by atoms with Gasteiger partial charge in [-0.15, -0.1) is 0 Å². The summed E-state index contributed by atoms with van der Waals surface area (Å²) in [5.41, 5.74) is 18.7. The van der Waals surface area contributed by atoms with Crippen LogP contribution in [0.4, 0.5) is 0 Å². The first-order valence-electron chi connectivity index (χ1n) is 33.1. The lowest BCUT2D eigenvalue weighted by Gasteiger charge is -2.11. The fourth-order valence-electron chi connectivity index (χ4n) is 14.2. The number of nitrogens with zero attached hydrogens (tertiary/aromatic N) is 10. The van der Waals surface area contributed by atoms with Crippen LogP contribution in [-0.4, -0.2) is 49.0 Å². The molecule has 100 heavy (non-hydrogen) atoms. The Kier molecular flexibility index (Phi) is 13.9. The van der Waals surface area contributed by atoms with Crippen LogP contribution < -0.4 is 0 Å². The molecule has 8 aromatic heterocycles. The molecule has 0 bridgehead atoms. The quantitative estimate of drug-likeness (QED) is 0.130. The van der Waals surface area contributed by atoms with Crippen LogP contribution in [0.15, 0.2) is 337 Å². The van der Waals surface area contributed by atoms with E-state index in [1.54, 1.807) is 0 Å². The van der Waals surface area contributed by atoms with Crippen molar-refractivity contribution >= 4 is 87.5 Å². The first-order valence-corrected chi connectivity index (χ1v) is 33.1. The van der Waals surface area contributed by atoms with Gasteiger partial charge >= 0.3 is 0 Å². The molecular weight excluding hydrogens is 1230 g/mol. The second kappa shape index (κ2) is 24.1. The van der Waals surface area contributed by atoms with Gasteiger partial charge in [0.05, 0.1) is 34.0 Å².